The van der Waals surface area contributed by atoms with E-state index >= 15 is 0 Å². The van der Waals surface area contributed by atoms with E-state index in [1.54, 1.807) is 25.1 Å². The van der Waals surface area contributed by atoms with Crippen molar-refractivity contribution in [2.45, 2.75) is 30.5 Å². The standard InChI is InChI=1S/C13H16O5S/c1-9-12(6-7-18-9)19(16,17)8-10-4-2-3-5-11(10)13(14)15/h2-5,9,12H,6-8H2,1H3,(H,14,15). The Hall–Kier alpha value is -1.40. The van der Waals surface area contributed by atoms with Crippen LogP contribution in [0.3, 0.4) is 0 Å². The predicted molar refractivity (Wildman–Crippen MR) is 69.8 cm³/mol. The third-order valence-electron chi connectivity index (χ3n) is 3.37. The van der Waals surface area contributed by atoms with Gasteiger partial charge < -0.3 is 9.84 Å². The molecule has 19 heavy (non-hydrogen) atoms. The van der Waals surface area contributed by atoms with Gasteiger partial charge in [0, 0.05) is 6.61 Å². The van der Waals surface area contributed by atoms with E-state index in [2.05, 4.69) is 0 Å². The molecule has 0 aliphatic carbocycles. The van der Waals surface area contributed by atoms with Gasteiger partial charge >= 0.3 is 5.97 Å². The molecular weight excluding hydrogens is 268 g/mol. The van der Waals surface area contributed by atoms with E-state index in [-0.39, 0.29) is 17.4 Å². The molecule has 104 valence electrons. The maximum absolute atomic E-state index is 12.3. The van der Waals surface area contributed by atoms with E-state index in [0.29, 0.717) is 18.6 Å². The zero-order valence-electron chi connectivity index (χ0n) is 10.6. The second-order valence-electron chi connectivity index (χ2n) is 4.67. The number of sulfone groups is 1. The average Bonchev–Trinajstić information content (AvgIpc) is 2.76. The normalized spacial score (nSPS) is 23.4. The van der Waals surface area contributed by atoms with Gasteiger partial charge in [-0.2, -0.15) is 0 Å². The maximum Gasteiger partial charge on any atom is 0.335 e. The molecule has 1 saturated heterocycles. The Labute approximate surface area is 112 Å². The molecule has 6 heteroatoms. The van der Waals surface area contributed by atoms with Gasteiger partial charge in [0.05, 0.1) is 22.7 Å². The molecule has 0 spiro atoms. The molecule has 1 N–H and O–H groups in total. The van der Waals surface area contributed by atoms with Crippen LogP contribution in [-0.2, 0) is 20.3 Å². The van der Waals surface area contributed by atoms with Gasteiger partial charge in [-0.1, -0.05) is 18.2 Å². The van der Waals surface area contributed by atoms with Crippen molar-refractivity contribution in [1.82, 2.24) is 0 Å². The van der Waals surface area contributed by atoms with Crippen molar-refractivity contribution in [3.05, 3.63) is 35.4 Å². The topological polar surface area (TPSA) is 80.7 Å². The molecule has 0 amide bonds. The molecule has 1 aliphatic heterocycles. The van der Waals surface area contributed by atoms with Gasteiger partial charge in [0.2, 0.25) is 0 Å². The molecule has 1 aliphatic rings. The van der Waals surface area contributed by atoms with Crippen molar-refractivity contribution in [2.24, 2.45) is 0 Å². The number of hydrogen-bond donors (Lipinski definition) is 1. The number of carbonyl (C=O) groups is 1. The summed E-state index contributed by atoms with van der Waals surface area (Å²) in [4.78, 5) is 11.1. The molecule has 2 atom stereocenters. The lowest BCUT2D eigenvalue weighted by molar-refractivity contribution is 0.0696. The Balaban J connectivity index is 2.28. The smallest absolute Gasteiger partial charge is 0.335 e. The van der Waals surface area contributed by atoms with Crippen LogP contribution in [0, 0.1) is 0 Å². The molecule has 1 aromatic carbocycles. The van der Waals surface area contributed by atoms with Gasteiger partial charge in [-0.25, -0.2) is 13.2 Å². The van der Waals surface area contributed by atoms with Crippen LogP contribution < -0.4 is 0 Å². The Morgan fingerprint density at radius 1 is 1.42 bits per heavy atom. The third kappa shape index (κ3) is 2.96. The zero-order chi connectivity index (χ0) is 14.0. The number of hydrogen-bond acceptors (Lipinski definition) is 4. The predicted octanol–water partition coefficient (Wildman–Crippen LogP) is 1.48. The summed E-state index contributed by atoms with van der Waals surface area (Å²) in [5.41, 5.74) is 0.367. The highest BCUT2D eigenvalue weighted by molar-refractivity contribution is 7.91. The molecule has 0 bridgehead atoms. The van der Waals surface area contributed by atoms with Crippen LogP contribution in [0.4, 0.5) is 0 Å². The summed E-state index contributed by atoms with van der Waals surface area (Å²) >= 11 is 0. The molecule has 5 nitrogen and oxygen atoms in total. The number of aromatic carboxylic acids is 1. The van der Waals surface area contributed by atoms with Gasteiger partial charge in [-0.3, -0.25) is 0 Å². The van der Waals surface area contributed by atoms with E-state index in [1.165, 1.54) is 6.07 Å². The van der Waals surface area contributed by atoms with E-state index in [9.17, 15) is 13.2 Å². The summed E-state index contributed by atoms with van der Waals surface area (Å²) in [6.45, 7) is 2.17. The molecule has 2 unspecified atom stereocenters. The SMILES string of the molecule is CC1OCCC1S(=O)(=O)Cc1ccccc1C(=O)O. The highest BCUT2D eigenvalue weighted by Crippen LogP contribution is 2.25. The van der Waals surface area contributed by atoms with Crippen molar-refractivity contribution in [2.75, 3.05) is 6.61 Å². The van der Waals surface area contributed by atoms with Gasteiger partial charge in [0.15, 0.2) is 9.84 Å². The molecule has 1 heterocycles. The van der Waals surface area contributed by atoms with Crippen LogP contribution in [0.5, 0.6) is 0 Å². The van der Waals surface area contributed by atoms with Crippen LogP contribution >= 0.6 is 0 Å². The molecule has 1 fully saturated rings. The van der Waals surface area contributed by atoms with Gasteiger partial charge in [-0.15, -0.1) is 0 Å². The first kappa shape index (κ1) is 14.0. The van der Waals surface area contributed by atoms with Crippen molar-refractivity contribution in [1.29, 1.82) is 0 Å². The van der Waals surface area contributed by atoms with Crippen molar-refractivity contribution in [3.8, 4) is 0 Å². The fraction of sp³-hybridized carbons (Fsp3) is 0.462. The quantitative estimate of drug-likeness (QED) is 0.905. The summed E-state index contributed by atoms with van der Waals surface area (Å²) in [6.07, 6.45) is 0.139. The zero-order valence-corrected chi connectivity index (χ0v) is 11.4. The summed E-state index contributed by atoms with van der Waals surface area (Å²) in [7, 11) is -3.41. The summed E-state index contributed by atoms with van der Waals surface area (Å²) < 4.78 is 29.9. The summed E-state index contributed by atoms with van der Waals surface area (Å²) in [5, 5.41) is 8.51. The van der Waals surface area contributed by atoms with E-state index in [1.807, 2.05) is 0 Å². The molecular formula is C13H16O5S. The lowest BCUT2D eigenvalue weighted by atomic mass is 10.1. The van der Waals surface area contributed by atoms with E-state index in [4.69, 9.17) is 9.84 Å². The Kier molecular flexibility index (Phi) is 3.91. The number of carboxylic acid groups (broad SMARTS) is 1. The van der Waals surface area contributed by atoms with Crippen molar-refractivity contribution in [3.63, 3.8) is 0 Å². The second-order valence-corrected chi connectivity index (χ2v) is 6.89. The number of ether oxygens (including phenoxy) is 1. The highest BCUT2D eigenvalue weighted by atomic mass is 32.2. The fourth-order valence-electron chi connectivity index (χ4n) is 2.36. The van der Waals surface area contributed by atoms with Crippen LogP contribution in [0.2, 0.25) is 0 Å². The highest BCUT2D eigenvalue weighted by Gasteiger charge is 2.36. The van der Waals surface area contributed by atoms with E-state index < -0.39 is 21.1 Å². The van der Waals surface area contributed by atoms with Crippen LogP contribution in [0.15, 0.2) is 24.3 Å². The molecule has 0 saturated carbocycles. The summed E-state index contributed by atoms with van der Waals surface area (Å²) in [5.74, 6) is -1.37. The van der Waals surface area contributed by atoms with Gasteiger partial charge in [0.25, 0.3) is 0 Å². The second kappa shape index (κ2) is 5.30. The van der Waals surface area contributed by atoms with Crippen molar-refractivity contribution < 1.29 is 23.1 Å². The number of rotatable bonds is 4. The van der Waals surface area contributed by atoms with E-state index in [0.717, 1.165) is 0 Å². The minimum absolute atomic E-state index is 0.0395. The van der Waals surface area contributed by atoms with Crippen LogP contribution in [0.25, 0.3) is 0 Å². The monoisotopic (exact) mass is 284 g/mol. The van der Waals surface area contributed by atoms with Crippen LogP contribution in [0.1, 0.15) is 29.3 Å². The number of carboxylic acids is 1. The van der Waals surface area contributed by atoms with Gasteiger partial charge in [0.1, 0.15) is 0 Å². The average molecular weight is 284 g/mol. The minimum Gasteiger partial charge on any atom is -0.478 e. The Bertz CT molecular complexity index is 578. The molecule has 2 rings (SSSR count). The Morgan fingerprint density at radius 3 is 2.68 bits per heavy atom. The number of benzene rings is 1. The van der Waals surface area contributed by atoms with Gasteiger partial charge in [-0.05, 0) is 25.0 Å². The minimum atomic E-state index is -3.41. The van der Waals surface area contributed by atoms with Crippen molar-refractivity contribution >= 4 is 15.8 Å². The lowest BCUT2D eigenvalue weighted by Crippen LogP contribution is -2.29. The largest absolute Gasteiger partial charge is 0.478 e. The maximum atomic E-state index is 12.3. The Morgan fingerprint density at radius 2 is 2.11 bits per heavy atom. The first-order valence-corrected chi connectivity index (χ1v) is 7.78. The van der Waals surface area contributed by atoms with Crippen LogP contribution in [-0.4, -0.2) is 37.5 Å². The fourth-order valence-corrected chi connectivity index (χ4v) is 4.38. The molecule has 0 radical (unpaired) electrons. The summed E-state index contributed by atoms with van der Waals surface area (Å²) in [6, 6.07) is 6.19. The first-order valence-electron chi connectivity index (χ1n) is 6.06. The third-order valence-corrected chi connectivity index (χ3v) is 5.63. The molecule has 1 aromatic rings. The molecule has 0 aromatic heterocycles. The first-order chi connectivity index (χ1) is 8.92. The lowest BCUT2D eigenvalue weighted by Gasteiger charge is -2.15.